The number of hydrogen-bond donors (Lipinski definition) is 3. The monoisotopic (exact) mass is 346 g/mol. The van der Waals surface area contributed by atoms with Crippen LogP contribution in [0, 0.1) is 0 Å². The number of piperidine rings is 1. The smallest absolute Gasteiger partial charge is 0.316 e. The first-order valence-corrected chi connectivity index (χ1v) is 8.62. The van der Waals surface area contributed by atoms with Crippen molar-refractivity contribution >= 4 is 17.8 Å². The summed E-state index contributed by atoms with van der Waals surface area (Å²) < 4.78 is 0. The molecule has 0 bridgehead atoms. The summed E-state index contributed by atoms with van der Waals surface area (Å²) in [6, 6.07) is 6.70. The fourth-order valence-electron chi connectivity index (χ4n) is 3.07. The molecule has 0 spiro atoms. The van der Waals surface area contributed by atoms with Gasteiger partial charge in [-0.2, -0.15) is 0 Å². The van der Waals surface area contributed by atoms with Gasteiger partial charge in [0.15, 0.2) is 0 Å². The van der Waals surface area contributed by atoms with Crippen LogP contribution in [0.1, 0.15) is 44.7 Å². The number of nitrogens with one attached hydrogen (secondary N) is 2. The summed E-state index contributed by atoms with van der Waals surface area (Å²) in [5, 5.41) is 5.14. The molecule has 3 atom stereocenters. The summed E-state index contributed by atoms with van der Waals surface area (Å²) >= 11 is 0. The predicted octanol–water partition coefficient (Wildman–Crippen LogP) is 1.30. The van der Waals surface area contributed by atoms with Gasteiger partial charge in [0.2, 0.25) is 11.8 Å². The molecule has 0 saturated carbocycles. The molecule has 0 aromatic heterocycles. The molecule has 7 nitrogen and oxygen atoms in total. The maximum absolute atomic E-state index is 12.5. The molecule has 1 aromatic carbocycles. The molecule has 25 heavy (non-hydrogen) atoms. The highest BCUT2D eigenvalue weighted by molar-refractivity contribution is 5.90. The topological polar surface area (TPSA) is 105 Å². The summed E-state index contributed by atoms with van der Waals surface area (Å²) in [6.07, 6.45) is 3.07. The van der Waals surface area contributed by atoms with Gasteiger partial charge in [-0.15, -0.1) is 0 Å². The van der Waals surface area contributed by atoms with Crippen LogP contribution in [0.3, 0.4) is 0 Å². The van der Waals surface area contributed by atoms with Gasteiger partial charge >= 0.3 is 6.03 Å². The normalized spacial score (nSPS) is 19.6. The fourth-order valence-corrected chi connectivity index (χ4v) is 3.07. The highest BCUT2D eigenvalue weighted by atomic mass is 16.2. The Morgan fingerprint density at radius 2 is 1.84 bits per heavy atom. The number of nitrogens with zero attached hydrogens (tertiary/aromatic N) is 1. The molecule has 1 aromatic rings. The number of urea groups is 1. The molecular weight excluding hydrogens is 320 g/mol. The molecule has 4 N–H and O–H groups in total. The molecule has 1 heterocycles. The number of hydrogen-bond acceptors (Lipinski definition) is 3. The van der Waals surface area contributed by atoms with Gasteiger partial charge in [0.1, 0.15) is 12.1 Å². The van der Waals surface area contributed by atoms with Gasteiger partial charge in [0, 0.05) is 12.6 Å². The van der Waals surface area contributed by atoms with Crippen molar-refractivity contribution in [2.24, 2.45) is 5.73 Å². The van der Waals surface area contributed by atoms with Crippen LogP contribution in [0.4, 0.5) is 4.79 Å². The Morgan fingerprint density at radius 3 is 2.44 bits per heavy atom. The first-order valence-electron chi connectivity index (χ1n) is 8.62. The summed E-state index contributed by atoms with van der Waals surface area (Å²) in [4.78, 5) is 38.2. The Kier molecular flexibility index (Phi) is 6.38. The third-order valence-electron chi connectivity index (χ3n) is 4.50. The lowest BCUT2D eigenvalue weighted by atomic mass is 10.0. The van der Waals surface area contributed by atoms with Gasteiger partial charge in [-0.3, -0.25) is 9.59 Å². The number of benzene rings is 1. The van der Waals surface area contributed by atoms with Crippen molar-refractivity contribution in [3.63, 3.8) is 0 Å². The van der Waals surface area contributed by atoms with Crippen molar-refractivity contribution in [3.8, 4) is 0 Å². The lowest BCUT2D eigenvalue weighted by molar-refractivity contribution is -0.136. The molecule has 1 fully saturated rings. The molecule has 0 radical (unpaired) electrons. The first-order chi connectivity index (χ1) is 11.9. The summed E-state index contributed by atoms with van der Waals surface area (Å²) in [5.41, 5.74) is 5.98. The van der Waals surface area contributed by atoms with E-state index in [-0.39, 0.29) is 11.9 Å². The van der Waals surface area contributed by atoms with Crippen LogP contribution >= 0.6 is 0 Å². The average Bonchev–Trinajstić information content (AvgIpc) is 2.60. The molecule has 7 heteroatoms. The predicted molar refractivity (Wildman–Crippen MR) is 94.5 cm³/mol. The second kappa shape index (κ2) is 8.50. The largest absolute Gasteiger partial charge is 0.368 e. The third-order valence-corrected chi connectivity index (χ3v) is 4.50. The first kappa shape index (κ1) is 18.8. The van der Waals surface area contributed by atoms with Gasteiger partial charge in [-0.25, -0.2) is 4.79 Å². The molecule has 2 rings (SSSR count). The van der Waals surface area contributed by atoms with Crippen LogP contribution in [-0.4, -0.2) is 41.4 Å². The molecule has 136 valence electrons. The Bertz CT molecular complexity index is 620. The number of nitrogens with two attached hydrogens (primary N) is 1. The van der Waals surface area contributed by atoms with E-state index in [1.807, 2.05) is 13.0 Å². The molecular formula is C18H26N4O3. The zero-order valence-corrected chi connectivity index (χ0v) is 14.7. The maximum atomic E-state index is 12.5. The number of rotatable bonds is 5. The Balaban J connectivity index is 1.95. The van der Waals surface area contributed by atoms with Crippen molar-refractivity contribution < 1.29 is 14.4 Å². The van der Waals surface area contributed by atoms with Crippen LogP contribution in [0.2, 0.25) is 0 Å². The van der Waals surface area contributed by atoms with Gasteiger partial charge < -0.3 is 21.3 Å². The molecule has 3 unspecified atom stereocenters. The molecule has 0 aliphatic carbocycles. The minimum atomic E-state index is -0.947. The number of carbonyl (C=O) groups is 3. The zero-order chi connectivity index (χ0) is 18.4. The minimum Gasteiger partial charge on any atom is -0.368 e. The number of carbonyl (C=O) groups excluding carboxylic acids is 3. The van der Waals surface area contributed by atoms with Gasteiger partial charge in [-0.1, -0.05) is 30.3 Å². The summed E-state index contributed by atoms with van der Waals surface area (Å²) in [6.45, 7) is 4.37. The van der Waals surface area contributed by atoms with E-state index in [1.165, 1.54) is 0 Å². The minimum absolute atomic E-state index is 0.113. The fraction of sp³-hybridized carbons (Fsp3) is 0.500. The third kappa shape index (κ3) is 4.95. The number of primary amides is 1. The van der Waals surface area contributed by atoms with Crippen molar-refractivity contribution in [2.75, 3.05) is 6.54 Å². The van der Waals surface area contributed by atoms with E-state index in [9.17, 15) is 14.4 Å². The van der Waals surface area contributed by atoms with Gasteiger partial charge in [0.25, 0.3) is 0 Å². The quantitative estimate of drug-likeness (QED) is 0.748. The lowest BCUT2D eigenvalue weighted by Gasteiger charge is -2.35. The van der Waals surface area contributed by atoms with E-state index in [4.69, 9.17) is 5.73 Å². The Labute approximate surface area is 147 Å². The van der Waals surface area contributed by atoms with E-state index in [1.54, 1.807) is 36.1 Å². The van der Waals surface area contributed by atoms with E-state index >= 15 is 0 Å². The van der Waals surface area contributed by atoms with E-state index in [2.05, 4.69) is 10.6 Å². The van der Waals surface area contributed by atoms with E-state index in [0.717, 1.165) is 19.3 Å². The standard InChI is InChI=1S/C18H26N4O3/c1-12-8-6-7-11-22(12)17(24)13(2)20-18(25)21-15(16(19)23)14-9-4-3-5-10-14/h3-5,9-10,12-13,15H,6-8,11H2,1-2H3,(H2,19,23)(H2,20,21,25). The highest BCUT2D eigenvalue weighted by Crippen LogP contribution is 2.17. The lowest BCUT2D eigenvalue weighted by Crippen LogP contribution is -2.54. The van der Waals surface area contributed by atoms with Crippen LogP contribution < -0.4 is 16.4 Å². The SMILES string of the molecule is CC(NC(=O)NC(C(N)=O)c1ccccc1)C(=O)N1CCCCC1C. The Morgan fingerprint density at radius 1 is 1.16 bits per heavy atom. The zero-order valence-electron chi connectivity index (χ0n) is 14.7. The second-order valence-corrected chi connectivity index (χ2v) is 6.46. The summed E-state index contributed by atoms with van der Waals surface area (Å²) in [7, 11) is 0. The van der Waals surface area contributed by atoms with Crippen LogP contribution in [0.5, 0.6) is 0 Å². The van der Waals surface area contributed by atoms with Crippen molar-refractivity contribution in [1.82, 2.24) is 15.5 Å². The van der Waals surface area contributed by atoms with Crippen LogP contribution in [0.25, 0.3) is 0 Å². The number of amides is 4. The van der Waals surface area contributed by atoms with E-state index < -0.39 is 24.0 Å². The highest BCUT2D eigenvalue weighted by Gasteiger charge is 2.28. The van der Waals surface area contributed by atoms with Gasteiger partial charge in [0.05, 0.1) is 0 Å². The van der Waals surface area contributed by atoms with Crippen molar-refractivity contribution in [2.45, 2.75) is 51.2 Å². The van der Waals surface area contributed by atoms with Crippen LogP contribution in [-0.2, 0) is 9.59 Å². The second-order valence-electron chi connectivity index (χ2n) is 6.46. The molecule has 1 aliphatic rings. The molecule has 1 aliphatic heterocycles. The van der Waals surface area contributed by atoms with E-state index in [0.29, 0.717) is 12.1 Å². The van der Waals surface area contributed by atoms with Crippen molar-refractivity contribution in [3.05, 3.63) is 35.9 Å². The summed E-state index contributed by atoms with van der Waals surface area (Å²) in [5.74, 6) is -0.775. The molecule has 4 amide bonds. The van der Waals surface area contributed by atoms with Crippen LogP contribution in [0.15, 0.2) is 30.3 Å². The number of likely N-dealkylation sites (tertiary alicyclic amines) is 1. The Hall–Kier alpha value is -2.57. The van der Waals surface area contributed by atoms with Gasteiger partial charge in [-0.05, 0) is 38.7 Å². The molecule has 1 saturated heterocycles. The maximum Gasteiger partial charge on any atom is 0.316 e. The van der Waals surface area contributed by atoms with Crippen molar-refractivity contribution in [1.29, 1.82) is 0 Å². The average molecular weight is 346 g/mol.